The third kappa shape index (κ3) is 5.17. The molecule has 8 nitrogen and oxygen atoms in total. The second-order valence-corrected chi connectivity index (χ2v) is 8.21. The summed E-state index contributed by atoms with van der Waals surface area (Å²) in [7, 11) is 0. The normalized spacial score (nSPS) is 16.8. The molecule has 0 atom stereocenters. The summed E-state index contributed by atoms with van der Waals surface area (Å²) in [5, 5.41) is 2.99. The predicted molar refractivity (Wildman–Crippen MR) is 110 cm³/mol. The molecule has 2 aliphatic rings. The van der Waals surface area contributed by atoms with Gasteiger partial charge in [0.05, 0.1) is 17.7 Å². The van der Waals surface area contributed by atoms with Crippen LogP contribution >= 0.6 is 0 Å². The van der Waals surface area contributed by atoms with Gasteiger partial charge in [0, 0.05) is 32.1 Å². The number of hydrogen-bond acceptors (Lipinski definition) is 5. The molecule has 3 rings (SSSR count). The van der Waals surface area contributed by atoms with Crippen LogP contribution in [0.2, 0.25) is 0 Å². The van der Waals surface area contributed by atoms with Crippen LogP contribution in [0.15, 0.2) is 24.3 Å². The van der Waals surface area contributed by atoms with Crippen molar-refractivity contribution in [2.75, 3.05) is 26.2 Å². The molecular formula is C22H29N3O5. The van der Waals surface area contributed by atoms with Crippen LogP contribution in [0.3, 0.4) is 0 Å². The molecule has 0 bridgehead atoms. The molecule has 8 heteroatoms. The Morgan fingerprint density at radius 1 is 1.10 bits per heavy atom. The first-order valence-corrected chi connectivity index (χ1v) is 10.5. The first-order chi connectivity index (χ1) is 14.4. The van der Waals surface area contributed by atoms with Crippen molar-refractivity contribution >= 4 is 23.8 Å². The van der Waals surface area contributed by atoms with Crippen molar-refractivity contribution in [1.82, 2.24) is 15.1 Å². The maximum atomic E-state index is 12.3. The largest absolute Gasteiger partial charge is 0.449 e. The average Bonchev–Trinajstić information content (AvgIpc) is 2.97. The summed E-state index contributed by atoms with van der Waals surface area (Å²) in [4.78, 5) is 51.8. The minimum atomic E-state index is -0.298. The third-order valence-corrected chi connectivity index (χ3v) is 5.32. The van der Waals surface area contributed by atoms with E-state index in [1.807, 2.05) is 13.8 Å². The fourth-order valence-electron chi connectivity index (χ4n) is 3.68. The maximum Gasteiger partial charge on any atom is 0.409 e. The van der Waals surface area contributed by atoms with Crippen molar-refractivity contribution < 1.29 is 23.9 Å². The SMILES string of the molecule is CC(C)COC(=O)N1CCC(NC(=O)CCCN2C(=O)c3ccccc3C2=O)CC1. The van der Waals surface area contributed by atoms with Crippen molar-refractivity contribution in [3.05, 3.63) is 35.4 Å². The van der Waals surface area contributed by atoms with Crippen molar-refractivity contribution in [1.29, 1.82) is 0 Å². The highest BCUT2D eigenvalue weighted by Gasteiger charge is 2.34. The van der Waals surface area contributed by atoms with E-state index in [-0.39, 0.29) is 42.8 Å². The zero-order valence-corrected chi connectivity index (χ0v) is 17.6. The van der Waals surface area contributed by atoms with E-state index in [1.165, 1.54) is 4.90 Å². The number of fused-ring (bicyclic) bond motifs is 1. The van der Waals surface area contributed by atoms with Gasteiger partial charge in [-0.05, 0) is 37.3 Å². The molecule has 2 heterocycles. The number of imide groups is 1. The molecule has 30 heavy (non-hydrogen) atoms. The van der Waals surface area contributed by atoms with E-state index in [2.05, 4.69) is 5.32 Å². The molecule has 0 spiro atoms. The lowest BCUT2D eigenvalue weighted by molar-refractivity contribution is -0.122. The van der Waals surface area contributed by atoms with Crippen LogP contribution < -0.4 is 5.32 Å². The Kier molecular flexibility index (Phi) is 7.07. The zero-order chi connectivity index (χ0) is 21.7. The Labute approximate surface area is 176 Å². The lowest BCUT2D eigenvalue weighted by Crippen LogP contribution is -2.46. The molecule has 2 aliphatic heterocycles. The fraction of sp³-hybridized carbons (Fsp3) is 0.545. The predicted octanol–water partition coefficient (Wildman–Crippen LogP) is 2.44. The number of rotatable bonds is 7. The topological polar surface area (TPSA) is 96.0 Å². The minimum Gasteiger partial charge on any atom is -0.449 e. The van der Waals surface area contributed by atoms with Crippen LogP contribution in [-0.2, 0) is 9.53 Å². The quantitative estimate of drug-likeness (QED) is 0.690. The van der Waals surface area contributed by atoms with E-state index >= 15 is 0 Å². The molecule has 4 amide bonds. The molecule has 1 aromatic carbocycles. The van der Waals surface area contributed by atoms with E-state index in [9.17, 15) is 19.2 Å². The molecule has 1 N–H and O–H groups in total. The van der Waals surface area contributed by atoms with Gasteiger partial charge in [-0.1, -0.05) is 26.0 Å². The Morgan fingerprint density at radius 3 is 2.27 bits per heavy atom. The van der Waals surface area contributed by atoms with Gasteiger partial charge < -0.3 is 15.0 Å². The van der Waals surface area contributed by atoms with E-state index in [0.29, 0.717) is 56.0 Å². The monoisotopic (exact) mass is 415 g/mol. The Hall–Kier alpha value is -2.90. The van der Waals surface area contributed by atoms with Gasteiger partial charge in [0.15, 0.2) is 0 Å². The summed E-state index contributed by atoms with van der Waals surface area (Å²) in [6, 6.07) is 6.78. The second kappa shape index (κ2) is 9.73. The summed E-state index contributed by atoms with van der Waals surface area (Å²) < 4.78 is 5.24. The highest BCUT2D eigenvalue weighted by molar-refractivity contribution is 6.21. The smallest absolute Gasteiger partial charge is 0.409 e. The molecular weight excluding hydrogens is 386 g/mol. The van der Waals surface area contributed by atoms with Gasteiger partial charge in [-0.15, -0.1) is 0 Å². The minimum absolute atomic E-state index is 0.0194. The number of carbonyl (C=O) groups excluding carboxylic acids is 4. The highest BCUT2D eigenvalue weighted by Crippen LogP contribution is 2.22. The molecule has 162 valence electrons. The number of amides is 4. The number of nitrogens with zero attached hydrogens (tertiary/aromatic N) is 2. The van der Waals surface area contributed by atoms with E-state index < -0.39 is 0 Å². The van der Waals surface area contributed by atoms with Crippen molar-refractivity contribution in [2.24, 2.45) is 5.92 Å². The van der Waals surface area contributed by atoms with Crippen LogP contribution in [0.4, 0.5) is 4.79 Å². The molecule has 0 unspecified atom stereocenters. The van der Waals surface area contributed by atoms with Crippen LogP contribution in [0.5, 0.6) is 0 Å². The highest BCUT2D eigenvalue weighted by atomic mass is 16.6. The van der Waals surface area contributed by atoms with Crippen molar-refractivity contribution in [2.45, 2.75) is 45.6 Å². The van der Waals surface area contributed by atoms with Crippen LogP contribution in [0, 0.1) is 5.92 Å². The average molecular weight is 415 g/mol. The third-order valence-electron chi connectivity index (χ3n) is 5.32. The van der Waals surface area contributed by atoms with Gasteiger partial charge in [-0.2, -0.15) is 0 Å². The first-order valence-electron chi connectivity index (χ1n) is 10.5. The number of carbonyl (C=O) groups is 4. The molecule has 0 radical (unpaired) electrons. The van der Waals surface area contributed by atoms with E-state index in [4.69, 9.17) is 4.74 Å². The summed E-state index contributed by atoms with van der Waals surface area (Å²) >= 11 is 0. The fourth-order valence-corrected chi connectivity index (χ4v) is 3.68. The van der Waals surface area contributed by atoms with Gasteiger partial charge in [0.25, 0.3) is 11.8 Å². The number of hydrogen-bond donors (Lipinski definition) is 1. The molecule has 1 saturated heterocycles. The van der Waals surface area contributed by atoms with Gasteiger partial charge in [0.2, 0.25) is 5.91 Å². The second-order valence-electron chi connectivity index (χ2n) is 8.21. The van der Waals surface area contributed by atoms with Gasteiger partial charge in [-0.3, -0.25) is 19.3 Å². The summed E-state index contributed by atoms with van der Waals surface area (Å²) in [5.41, 5.74) is 0.844. The number of piperidine rings is 1. The maximum absolute atomic E-state index is 12.3. The number of likely N-dealkylation sites (tertiary alicyclic amines) is 1. The molecule has 1 fully saturated rings. The summed E-state index contributed by atoms with van der Waals surface area (Å²) in [5.74, 6) is -0.404. The van der Waals surface area contributed by atoms with Crippen molar-refractivity contribution in [3.8, 4) is 0 Å². The number of benzene rings is 1. The standard InChI is InChI=1S/C22H29N3O5/c1-15(2)14-30-22(29)24-12-9-16(10-13-24)23-19(26)8-5-11-25-20(27)17-6-3-4-7-18(17)21(25)28/h3-4,6-7,15-16H,5,8-14H2,1-2H3,(H,23,26). The van der Waals surface area contributed by atoms with Crippen LogP contribution in [0.25, 0.3) is 0 Å². The Morgan fingerprint density at radius 2 is 1.70 bits per heavy atom. The summed E-state index contributed by atoms with van der Waals surface area (Å²) in [6.45, 7) is 5.71. The van der Waals surface area contributed by atoms with Gasteiger partial charge in [-0.25, -0.2) is 4.79 Å². The van der Waals surface area contributed by atoms with Crippen LogP contribution in [-0.4, -0.2) is 65.9 Å². The van der Waals surface area contributed by atoms with Crippen LogP contribution in [0.1, 0.15) is 60.2 Å². The lowest BCUT2D eigenvalue weighted by atomic mass is 10.1. The number of ether oxygens (including phenoxy) is 1. The Balaban J connectivity index is 1.36. The molecule has 0 aliphatic carbocycles. The van der Waals surface area contributed by atoms with E-state index in [0.717, 1.165) is 0 Å². The molecule has 1 aromatic rings. The van der Waals surface area contributed by atoms with E-state index in [1.54, 1.807) is 29.2 Å². The van der Waals surface area contributed by atoms with Gasteiger partial charge in [0.1, 0.15) is 0 Å². The molecule has 0 saturated carbocycles. The first kappa shape index (κ1) is 21.8. The lowest BCUT2D eigenvalue weighted by Gasteiger charge is -2.32. The van der Waals surface area contributed by atoms with Crippen molar-refractivity contribution in [3.63, 3.8) is 0 Å². The molecule has 0 aromatic heterocycles. The van der Waals surface area contributed by atoms with Gasteiger partial charge >= 0.3 is 6.09 Å². The number of nitrogens with one attached hydrogen (secondary N) is 1. The summed E-state index contributed by atoms with van der Waals surface area (Å²) in [6.07, 6.45) is 1.72. The Bertz CT molecular complexity index is 780. The zero-order valence-electron chi connectivity index (χ0n) is 17.6.